The minimum atomic E-state index is -0.201. The molecular formula is C22H26N2O3. The van der Waals surface area contributed by atoms with Crippen LogP contribution in [0, 0.1) is 6.92 Å². The van der Waals surface area contributed by atoms with E-state index in [0.29, 0.717) is 25.2 Å². The number of pyridine rings is 1. The van der Waals surface area contributed by atoms with E-state index in [1.807, 2.05) is 30.0 Å². The van der Waals surface area contributed by atoms with E-state index >= 15 is 0 Å². The SMILES string of the molecule is Cc1ccn(CC2CCCO2)c(=O)c1C(=O)N1CCCc2ccccc2C1. The van der Waals surface area contributed by atoms with Crippen molar-refractivity contribution in [3.63, 3.8) is 0 Å². The first-order valence-corrected chi connectivity index (χ1v) is 9.81. The van der Waals surface area contributed by atoms with Gasteiger partial charge in [0.2, 0.25) is 0 Å². The first kappa shape index (κ1) is 18.0. The number of benzene rings is 1. The van der Waals surface area contributed by atoms with Crippen LogP contribution in [0.5, 0.6) is 0 Å². The van der Waals surface area contributed by atoms with Gasteiger partial charge < -0.3 is 14.2 Å². The summed E-state index contributed by atoms with van der Waals surface area (Å²) in [5.74, 6) is -0.157. The van der Waals surface area contributed by atoms with Gasteiger partial charge in [-0.15, -0.1) is 0 Å². The second kappa shape index (κ2) is 7.69. The summed E-state index contributed by atoms with van der Waals surface area (Å²) in [5.41, 5.74) is 3.32. The van der Waals surface area contributed by atoms with E-state index < -0.39 is 0 Å². The number of aryl methyl sites for hydroxylation is 2. The Bertz CT molecular complexity index is 897. The molecule has 0 N–H and O–H groups in total. The minimum absolute atomic E-state index is 0.0680. The molecule has 1 saturated heterocycles. The first-order valence-electron chi connectivity index (χ1n) is 9.81. The fourth-order valence-corrected chi connectivity index (χ4v) is 4.11. The molecule has 1 aromatic heterocycles. The van der Waals surface area contributed by atoms with Crippen molar-refractivity contribution in [2.75, 3.05) is 13.2 Å². The van der Waals surface area contributed by atoms with Crippen molar-refractivity contribution >= 4 is 5.91 Å². The Kier molecular flexibility index (Phi) is 5.12. The van der Waals surface area contributed by atoms with Gasteiger partial charge in [-0.1, -0.05) is 24.3 Å². The molecule has 0 saturated carbocycles. The van der Waals surface area contributed by atoms with Crippen LogP contribution in [0.1, 0.15) is 46.3 Å². The highest BCUT2D eigenvalue weighted by Crippen LogP contribution is 2.20. The molecule has 1 unspecified atom stereocenters. The van der Waals surface area contributed by atoms with Crippen molar-refractivity contribution in [1.82, 2.24) is 9.47 Å². The molecule has 2 aliphatic rings. The largest absolute Gasteiger partial charge is 0.376 e. The lowest BCUT2D eigenvalue weighted by molar-refractivity contribution is 0.0739. The second-order valence-corrected chi connectivity index (χ2v) is 7.57. The van der Waals surface area contributed by atoms with Crippen LogP contribution >= 0.6 is 0 Å². The highest BCUT2D eigenvalue weighted by atomic mass is 16.5. The van der Waals surface area contributed by atoms with E-state index in [1.54, 1.807) is 10.8 Å². The maximum atomic E-state index is 13.3. The van der Waals surface area contributed by atoms with Gasteiger partial charge in [-0.3, -0.25) is 9.59 Å². The summed E-state index contributed by atoms with van der Waals surface area (Å²) in [5, 5.41) is 0. The maximum Gasteiger partial charge on any atom is 0.263 e. The average molecular weight is 366 g/mol. The quantitative estimate of drug-likeness (QED) is 0.839. The molecule has 0 radical (unpaired) electrons. The Morgan fingerprint density at radius 1 is 1.19 bits per heavy atom. The van der Waals surface area contributed by atoms with Crippen LogP contribution in [0.15, 0.2) is 41.3 Å². The predicted octanol–water partition coefficient (Wildman–Crippen LogP) is 2.92. The number of hydrogen-bond acceptors (Lipinski definition) is 3. The number of rotatable bonds is 3. The first-order chi connectivity index (χ1) is 13.1. The molecule has 0 spiro atoms. The molecule has 0 aliphatic carbocycles. The third-order valence-electron chi connectivity index (χ3n) is 5.65. The molecule has 4 rings (SSSR count). The van der Waals surface area contributed by atoms with Crippen molar-refractivity contribution in [2.45, 2.75) is 51.8 Å². The topological polar surface area (TPSA) is 51.5 Å². The van der Waals surface area contributed by atoms with E-state index in [4.69, 9.17) is 4.74 Å². The normalized spacial score (nSPS) is 19.6. The summed E-state index contributed by atoms with van der Waals surface area (Å²) in [6, 6.07) is 10.1. The second-order valence-electron chi connectivity index (χ2n) is 7.57. The predicted molar refractivity (Wildman–Crippen MR) is 104 cm³/mol. The van der Waals surface area contributed by atoms with Gasteiger partial charge in [-0.25, -0.2) is 0 Å². The molecule has 1 atom stereocenters. The summed E-state index contributed by atoms with van der Waals surface area (Å²) in [6.45, 7) is 4.35. The zero-order chi connectivity index (χ0) is 18.8. The van der Waals surface area contributed by atoms with Crippen LogP contribution in [-0.2, 0) is 24.2 Å². The van der Waals surface area contributed by atoms with Crippen LogP contribution in [0.2, 0.25) is 0 Å². The Labute approximate surface area is 159 Å². The smallest absolute Gasteiger partial charge is 0.263 e. The van der Waals surface area contributed by atoms with E-state index in [9.17, 15) is 9.59 Å². The number of nitrogens with zero attached hydrogens (tertiary/aromatic N) is 2. The van der Waals surface area contributed by atoms with E-state index in [1.165, 1.54) is 11.1 Å². The number of carbonyl (C=O) groups is 1. The molecule has 142 valence electrons. The van der Waals surface area contributed by atoms with Crippen molar-refractivity contribution in [3.8, 4) is 0 Å². The van der Waals surface area contributed by atoms with Crippen LogP contribution < -0.4 is 5.56 Å². The van der Waals surface area contributed by atoms with Crippen molar-refractivity contribution in [3.05, 3.63) is 69.1 Å². The Morgan fingerprint density at radius 3 is 2.78 bits per heavy atom. The summed E-state index contributed by atoms with van der Waals surface area (Å²) < 4.78 is 7.30. The minimum Gasteiger partial charge on any atom is -0.376 e. The molecule has 1 fully saturated rings. The number of ether oxygens (including phenoxy) is 1. The van der Waals surface area contributed by atoms with E-state index in [-0.39, 0.29) is 17.6 Å². The summed E-state index contributed by atoms with van der Waals surface area (Å²) in [7, 11) is 0. The van der Waals surface area contributed by atoms with Gasteiger partial charge in [-0.05, 0) is 55.4 Å². The summed E-state index contributed by atoms with van der Waals surface area (Å²) in [6.07, 6.45) is 5.73. The van der Waals surface area contributed by atoms with E-state index in [0.717, 1.165) is 37.9 Å². The Morgan fingerprint density at radius 2 is 2.00 bits per heavy atom. The van der Waals surface area contributed by atoms with Crippen LogP contribution in [-0.4, -0.2) is 34.6 Å². The number of hydrogen-bond donors (Lipinski definition) is 0. The van der Waals surface area contributed by atoms with Gasteiger partial charge in [0.15, 0.2) is 0 Å². The Hall–Kier alpha value is -2.40. The van der Waals surface area contributed by atoms with E-state index in [2.05, 4.69) is 12.1 Å². The van der Waals surface area contributed by atoms with Gasteiger partial charge in [0, 0.05) is 25.9 Å². The molecular weight excluding hydrogens is 340 g/mol. The fourth-order valence-electron chi connectivity index (χ4n) is 4.11. The summed E-state index contributed by atoms with van der Waals surface area (Å²) in [4.78, 5) is 28.2. The molecule has 3 heterocycles. The zero-order valence-corrected chi connectivity index (χ0v) is 15.8. The average Bonchev–Trinajstić information content (AvgIpc) is 3.08. The van der Waals surface area contributed by atoms with Crippen molar-refractivity contribution in [2.24, 2.45) is 0 Å². The van der Waals surface area contributed by atoms with Gasteiger partial charge in [0.1, 0.15) is 5.56 Å². The van der Waals surface area contributed by atoms with Crippen molar-refractivity contribution < 1.29 is 9.53 Å². The lowest BCUT2D eigenvalue weighted by Crippen LogP contribution is -2.38. The number of carbonyl (C=O) groups excluding carboxylic acids is 1. The molecule has 5 heteroatoms. The lowest BCUT2D eigenvalue weighted by Gasteiger charge is -2.22. The van der Waals surface area contributed by atoms with Crippen LogP contribution in [0.4, 0.5) is 0 Å². The molecule has 5 nitrogen and oxygen atoms in total. The highest BCUT2D eigenvalue weighted by Gasteiger charge is 2.25. The van der Waals surface area contributed by atoms with Crippen LogP contribution in [0.25, 0.3) is 0 Å². The number of amides is 1. The standard InChI is InChI=1S/C22H26N2O3/c1-16-10-12-24(15-19-9-5-13-27-19)22(26)20(16)21(25)23-11-4-8-17-6-2-3-7-18(17)14-23/h2-3,6-7,10,12,19H,4-5,8-9,11,13-15H2,1H3. The number of fused-ring (bicyclic) bond motifs is 1. The van der Waals surface area contributed by atoms with Gasteiger partial charge in [0.25, 0.3) is 11.5 Å². The third kappa shape index (κ3) is 3.69. The molecule has 2 aromatic rings. The molecule has 1 aromatic carbocycles. The highest BCUT2D eigenvalue weighted by molar-refractivity contribution is 5.95. The van der Waals surface area contributed by atoms with Crippen LogP contribution in [0.3, 0.4) is 0 Å². The molecule has 1 amide bonds. The van der Waals surface area contributed by atoms with Gasteiger partial charge in [0.05, 0.1) is 12.6 Å². The third-order valence-corrected chi connectivity index (χ3v) is 5.65. The molecule has 27 heavy (non-hydrogen) atoms. The van der Waals surface area contributed by atoms with Gasteiger partial charge >= 0.3 is 0 Å². The van der Waals surface area contributed by atoms with Crippen molar-refractivity contribution in [1.29, 1.82) is 0 Å². The zero-order valence-electron chi connectivity index (χ0n) is 15.8. The number of aromatic nitrogens is 1. The lowest BCUT2D eigenvalue weighted by atomic mass is 10.0. The molecule has 2 aliphatic heterocycles. The summed E-state index contributed by atoms with van der Waals surface area (Å²) >= 11 is 0. The Balaban J connectivity index is 1.62. The molecule has 0 bridgehead atoms. The monoisotopic (exact) mass is 366 g/mol. The van der Waals surface area contributed by atoms with Gasteiger partial charge in [-0.2, -0.15) is 0 Å². The maximum absolute atomic E-state index is 13.3. The fraction of sp³-hybridized carbons (Fsp3) is 0.455.